The molecule has 0 saturated carbocycles. The predicted octanol–water partition coefficient (Wildman–Crippen LogP) is 4.61. The van der Waals surface area contributed by atoms with Crippen molar-refractivity contribution in [3.63, 3.8) is 0 Å². The molecule has 7 nitrogen and oxygen atoms in total. The summed E-state index contributed by atoms with van der Waals surface area (Å²) in [5.74, 6) is -0.294. The lowest BCUT2D eigenvalue weighted by molar-refractivity contribution is -0.117. The second-order valence-corrected chi connectivity index (χ2v) is 10.2. The standard InChI is InChI=1S/C21H27Cl2N5O2S/c1-13(18(29)26-19-25-17(12-31-19)21(2,3)4)24-20(30)28-9-7-27(8-10-28)14-5-6-15(22)16(23)11-14/h5-6,11-13H,7-10H2,1-4H3,(H,24,30)(H,25,26,29)/t13-/m0/s1. The molecule has 0 radical (unpaired) electrons. The number of hydrogen-bond acceptors (Lipinski definition) is 5. The van der Waals surface area contributed by atoms with Crippen LogP contribution in [0, 0.1) is 0 Å². The molecule has 1 aromatic carbocycles. The van der Waals surface area contributed by atoms with Gasteiger partial charge in [-0.3, -0.25) is 4.79 Å². The summed E-state index contributed by atoms with van der Waals surface area (Å²) in [5.41, 5.74) is 1.81. The number of piperazine rings is 1. The van der Waals surface area contributed by atoms with E-state index in [2.05, 4.69) is 41.3 Å². The molecule has 10 heteroatoms. The number of amides is 3. The summed E-state index contributed by atoms with van der Waals surface area (Å²) in [4.78, 5) is 33.4. The van der Waals surface area contributed by atoms with Gasteiger partial charge in [0, 0.05) is 42.7 Å². The molecular weight excluding hydrogens is 457 g/mol. The van der Waals surface area contributed by atoms with Crippen LogP contribution in [-0.2, 0) is 10.2 Å². The Morgan fingerprint density at radius 1 is 1.13 bits per heavy atom. The summed E-state index contributed by atoms with van der Waals surface area (Å²) in [5, 5.41) is 9.05. The Kier molecular flexibility index (Phi) is 7.34. The zero-order chi connectivity index (χ0) is 22.8. The Morgan fingerprint density at radius 2 is 1.81 bits per heavy atom. The van der Waals surface area contributed by atoms with Gasteiger partial charge in [0.05, 0.1) is 15.7 Å². The number of aromatic nitrogens is 1. The fourth-order valence-corrected chi connectivity index (χ4v) is 4.31. The van der Waals surface area contributed by atoms with Gasteiger partial charge in [-0.1, -0.05) is 44.0 Å². The van der Waals surface area contributed by atoms with Crippen molar-refractivity contribution < 1.29 is 9.59 Å². The van der Waals surface area contributed by atoms with Gasteiger partial charge < -0.3 is 20.4 Å². The van der Waals surface area contributed by atoms with Gasteiger partial charge in [0.2, 0.25) is 5.91 Å². The van der Waals surface area contributed by atoms with Gasteiger partial charge in [-0.25, -0.2) is 9.78 Å². The largest absolute Gasteiger partial charge is 0.368 e. The molecule has 0 spiro atoms. The average Bonchev–Trinajstić information content (AvgIpc) is 3.19. The van der Waals surface area contributed by atoms with E-state index in [1.807, 2.05) is 17.5 Å². The van der Waals surface area contributed by atoms with Gasteiger partial charge in [-0.15, -0.1) is 11.3 Å². The summed E-state index contributed by atoms with van der Waals surface area (Å²) in [6.07, 6.45) is 0. The smallest absolute Gasteiger partial charge is 0.318 e. The van der Waals surface area contributed by atoms with Gasteiger partial charge in [-0.05, 0) is 25.1 Å². The van der Waals surface area contributed by atoms with Crippen LogP contribution >= 0.6 is 34.5 Å². The number of halogens is 2. The van der Waals surface area contributed by atoms with E-state index >= 15 is 0 Å². The quantitative estimate of drug-likeness (QED) is 0.665. The Balaban J connectivity index is 1.49. The summed E-state index contributed by atoms with van der Waals surface area (Å²) < 4.78 is 0. The van der Waals surface area contributed by atoms with Crippen LogP contribution in [0.3, 0.4) is 0 Å². The zero-order valence-electron chi connectivity index (χ0n) is 18.0. The third kappa shape index (κ3) is 6.02. The van der Waals surface area contributed by atoms with E-state index in [4.69, 9.17) is 23.2 Å². The highest BCUT2D eigenvalue weighted by Gasteiger charge is 2.25. The molecule has 3 rings (SSSR count). The van der Waals surface area contributed by atoms with Crippen molar-refractivity contribution in [3.05, 3.63) is 39.3 Å². The van der Waals surface area contributed by atoms with Gasteiger partial charge in [0.15, 0.2) is 5.13 Å². The first-order valence-corrected chi connectivity index (χ1v) is 11.7. The number of anilines is 2. The molecule has 1 saturated heterocycles. The van der Waals surface area contributed by atoms with Crippen LogP contribution < -0.4 is 15.5 Å². The van der Waals surface area contributed by atoms with Crippen LogP contribution in [0.5, 0.6) is 0 Å². The van der Waals surface area contributed by atoms with E-state index in [1.165, 1.54) is 11.3 Å². The summed E-state index contributed by atoms with van der Waals surface area (Å²) in [6.45, 7) is 10.3. The first-order valence-electron chi connectivity index (χ1n) is 10.1. The molecule has 168 valence electrons. The highest BCUT2D eigenvalue weighted by Crippen LogP contribution is 2.28. The maximum atomic E-state index is 12.6. The SMILES string of the molecule is C[C@H](NC(=O)N1CCN(c2ccc(Cl)c(Cl)c2)CC1)C(=O)Nc1nc(C(C)(C)C)cs1. The Labute approximate surface area is 196 Å². The van der Waals surface area contributed by atoms with Crippen LogP contribution in [0.15, 0.2) is 23.6 Å². The van der Waals surface area contributed by atoms with Crippen molar-refractivity contribution in [2.75, 3.05) is 36.4 Å². The number of nitrogens with zero attached hydrogens (tertiary/aromatic N) is 3. The van der Waals surface area contributed by atoms with E-state index in [0.29, 0.717) is 41.4 Å². The van der Waals surface area contributed by atoms with Crippen LogP contribution in [-0.4, -0.2) is 54.0 Å². The molecule has 3 amide bonds. The van der Waals surface area contributed by atoms with E-state index < -0.39 is 6.04 Å². The molecular formula is C21H27Cl2N5O2S. The van der Waals surface area contributed by atoms with Crippen molar-refractivity contribution in [2.45, 2.75) is 39.2 Å². The third-order valence-electron chi connectivity index (χ3n) is 5.07. The second kappa shape index (κ2) is 9.63. The van der Waals surface area contributed by atoms with Crippen molar-refractivity contribution >= 4 is 57.3 Å². The Morgan fingerprint density at radius 3 is 2.39 bits per heavy atom. The molecule has 1 fully saturated rings. The number of hydrogen-bond donors (Lipinski definition) is 2. The molecule has 1 aromatic heterocycles. The highest BCUT2D eigenvalue weighted by atomic mass is 35.5. The minimum absolute atomic E-state index is 0.0845. The molecule has 2 heterocycles. The fourth-order valence-electron chi connectivity index (χ4n) is 3.08. The molecule has 31 heavy (non-hydrogen) atoms. The monoisotopic (exact) mass is 483 g/mol. The van der Waals surface area contributed by atoms with Crippen molar-refractivity contribution in [1.29, 1.82) is 0 Å². The Hall–Kier alpha value is -2.03. The molecule has 1 atom stereocenters. The lowest BCUT2D eigenvalue weighted by atomic mass is 9.93. The average molecular weight is 484 g/mol. The van der Waals surface area contributed by atoms with E-state index in [1.54, 1.807) is 17.9 Å². The molecule has 1 aliphatic heterocycles. The van der Waals surface area contributed by atoms with Crippen molar-refractivity contribution in [1.82, 2.24) is 15.2 Å². The highest BCUT2D eigenvalue weighted by molar-refractivity contribution is 7.14. The van der Waals surface area contributed by atoms with Gasteiger partial charge in [-0.2, -0.15) is 0 Å². The van der Waals surface area contributed by atoms with Crippen LogP contribution in [0.4, 0.5) is 15.6 Å². The molecule has 2 N–H and O–H groups in total. The first-order chi connectivity index (χ1) is 14.5. The minimum atomic E-state index is -0.678. The van der Waals surface area contributed by atoms with E-state index in [9.17, 15) is 9.59 Å². The van der Waals surface area contributed by atoms with Crippen LogP contribution in [0.1, 0.15) is 33.4 Å². The summed E-state index contributed by atoms with van der Waals surface area (Å²) >= 11 is 13.5. The number of urea groups is 1. The van der Waals surface area contributed by atoms with E-state index in [-0.39, 0.29) is 17.4 Å². The number of carbonyl (C=O) groups is 2. The number of carbonyl (C=O) groups excluding carboxylic acids is 2. The Bertz CT molecular complexity index is 951. The third-order valence-corrected chi connectivity index (χ3v) is 6.57. The minimum Gasteiger partial charge on any atom is -0.368 e. The molecule has 2 aromatic rings. The molecule has 0 bridgehead atoms. The summed E-state index contributed by atoms with van der Waals surface area (Å²) in [7, 11) is 0. The van der Waals surface area contributed by atoms with Gasteiger partial charge in [0.25, 0.3) is 0 Å². The number of thiazole rings is 1. The lowest BCUT2D eigenvalue weighted by Gasteiger charge is -2.36. The molecule has 1 aliphatic rings. The van der Waals surface area contributed by atoms with Gasteiger partial charge >= 0.3 is 6.03 Å². The number of nitrogens with one attached hydrogen (secondary N) is 2. The van der Waals surface area contributed by atoms with Gasteiger partial charge in [0.1, 0.15) is 6.04 Å². The molecule has 0 aliphatic carbocycles. The van der Waals surface area contributed by atoms with Crippen LogP contribution in [0.2, 0.25) is 10.0 Å². The topological polar surface area (TPSA) is 77.6 Å². The first kappa shape index (κ1) is 23.6. The lowest BCUT2D eigenvalue weighted by Crippen LogP contribution is -2.54. The maximum Gasteiger partial charge on any atom is 0.318 e. The number of rotatable bonds is 4. The van der Waals surface area contributed by atoms with Crippen molar-refractivity contribution in [2.24, 2.45) is 0 Å². The fraction of sp³-hybridized carbons (Fsp3) is 0.476. The normalized spacial score (nSPS) is 15.5. The maximum absolute atomic E-state index is 12.6. The molecule has 0 unspecified atom stereocenters. The predicted molar refractivity (Wildman–Crippen MR) is 128 cm³/mol. The summed E-state index contributed by atoms with van der Waals surface area (Å²) in [6, 6.07) is 4.58. The second-order valence-electron chi connectivity index (χ2n) is 8.52. The van der Waals surface area contributed by atoms with Crippen LogP contribution in [0.25, 0.3) is 0 Å². The van der Waals surface area contributed by atoms with Crippen molar-refractivity contribution in [3.8, 4) is 0 Å². The van der Waals surface area contributed by atoms with E-state index in [0.717, 1.165) is 11.4 Å². The zero-order valence-corrected chi connectivity index (χ0v) is 20.4. The number of benzene rings is 1.